The fourth-order valence-electron chi connectivity index (χ4n) is 3.07. The Bertz CT molecular complexity index is 803. The van der Waals surface area contributed by atoms with Gasteiger partial charge in [0, 0.05) is 18.1 Å². The van der Waals surface area contributed by atoms with E-state index in [2.05, 4.69) is 0 Å². The van der Waals surface area contributed by atoms with Crippen molar-refractivity contribution in [2.24, 2.45) is 0 Å². The highest BCUT2D eigenvalue weighted by atomic mass is 35.5. The Morgan fingerprint density at radius 1 is 1.17 bits per heavy atom. The minimum absolute atomic E-state index is 0.0312. The second-order valence-electron chi connectivity index (χ2n) is 6.08. The van der Waals surface area contributed by atoms with Gasteiger partial charge in [-0.25, -0.2) is 4.79 Å². The van der Waals surface area contributed by atoms with Gasteiger partial charge in [0.25, 0.3) is 0 Å². The number of nitrogens with zero attached hydrogens (tertiary/aromatic N) is 1. The predicted molar refractivity (Wildman–Crippen MR) is 92.4 cm³/mol. The summed E-state index contributed by atoms with van der Waals surface area (Å²) in [5.74, 6) is -1.20. The summed E-state index contributed by atoms with van der Waals surface area (Å²) in [6.45, 7) is 2.96. The first-order chi connectivity index (χ1) is 11.5. The van der Waals surface area contributed by atoms with Crippen LogP contribution in [0.3, 0.4) is 0 Å². The van der Waals surface area contributed by atoms with Crippen molar-refractivity contribution in [1.29, 1.82) is 0 Å². The molecule has 0 saturated heterocycles. The average molecular weight is 344 g/mol. The smallest absolute Gasteiger partial charge is 0.335 e. The molecule has 24 heavy (non-hydrogen) atoms. The van der Waals surface area contributed by atoms with Crippen LogP contribution in [-0.4, -0.2) is 28.4 Å². The van der Waals surface area contributed by atoms with Gasteiger partial charge in [0.05, 0.1) is 11.5 Å². The Morgan fingerprint density at radius 2 is 1.96 bits per heavy atom. The Kier molecular flexibility index (Phi) is 4.58. The molecule has 3 rings (SSSR count). The van der Waals surface area contributed by atoms with E-state index in [1.807, 2.05) is 31.2 Å². The van der Waals surface area contributed by atoms with Crippen LogP contribution in [0.2, 0.25) is 5.02 Å². The summed E-state index contributed by atoms with van der Waals surface area (Å²) in [6, 6.07) is 12.5. The van der Waals surface area contributed by atoms with E-state index in [0.717, 1.165) is 23.1 Å². The third-order valence-corrected chi connectivity index (χ3v) is 4.73. The number of rotatable bonds is 3. The third kappa shape index (κ3) is 3.29. The van der Waals surface area contributed by atoms with Gasteiger partial charge in [-0.2, -0.15) is 0 Å². The molecule has 0 aliphatic carbocycles. The van der Waals surface area contributed by atoms with Crippen molar-refractivity contribution in [3.8, 4) is 0 Å². The number of halogens is 1. The van der Waals surface area contributed by atoms with E-state index in [1.54, 1.807) is 23.1 Å². The van der Waals surface area contributed by atoms with Crippen molar-refractivity contribution in [1.82, 2.24) is 4.90 Å². The van der Waals surface area contributed by atoms with E-state index >= 15 is 0 Å². The van der Waals surface area contributed by atoms with Crippen LogP contribution in [0.5, 0.6) is 0 Å². The van der Waals surface area contributed by atoms with Crippen molar-refractivity contribution in [2.45, 2.75) is 25.8 Å². The molecule has 0 radical (unpaired) electrons. The summed E-state index contributed by atoms with van der Waals surface area (Å²) in [6.07, 6.45) is 0.739. The van der Waals surface area contributed by atoms with E-state index in [0.29, 0.717) is 18.1 Å². The fraction of sp³-hybridized carbons (Fsp3) is 0.263. The molecule has 0 bridgehead atoms. The molecule has 124 valence electrons. The topological polar surface area (TPSA) is 57.6 Å². The Labute approximate surface area is 145 Å². The molecule has 1 aliphatic heterocycles. The minimum Gasteiger partial charge on any atom is -0.478 e. The zero-order valence-electron chi connectivity index (χ0n) is 13.3. The van der Waals surface area contributed by atoms with E-state index in [1.165, 1.54) is 0 Å². The molecular weight excluding hydrogens is 326 g/mol. The molecule has 1 unspecified atom stereocenters. The van der Waals surface area contributed by atoms with E-state index < -0.39 is 5.97 Å². The van der Waals surface area contributed by atoms with Gasteiger partial charge in [0.1, 0.15) is 0 Å². The number of carboxylic acids is 1. The van der Waals surface area contributed by atoms with Crippen LogP contribution in [0.15, 0.2) is 42.5 Å². The second kappa shape index (κ2) is 6.65. The molecule has 2 aromatic rings. The zero-order valence-corrected chi connectivity index (χ0v) is 14.1. The number of fused-ring (bicyclic) bond motifs is 1. The number of carbonyl (C=O) groups is 2. The molecule has 5 heteroatoms. The van der Waals surface area contributed by atoms with Crippen molar-refractivity contribution in [3.63, 3.8) is 0 Å². The lowest BCUT2D eigenvalue weighted by Gasteiger charge is -2.31. The number of hydrogen-bond acceptors (Lipinski definition) is 2. The first-order valence-electron chi connectivity index (χ1n) is 7.85. The average Bonchev–Trinajstić information content (AvgIpc) is 2.59. The maximum absolute atomic E-state index is 12.8. The number of hydrogen-bond donors (Lipinski definition) is 1. The van der Waals surface area contributed by atoms with Crippen LogP contribution >= 0.6 is 11.6 Å². The van der Waals surface area contributed by atoms with Gasteiger partial charge in [0.15, 0.2) is 0 Å². The van der Waals surface area contributed by atoms with Crippen LogP contribution < -0.4 is 0 Å². The van der Waals surface area contributed by atoms with Crippen molar-refractivity contribution in [3.05, 3.63) is 69.7 Å². The van der Waals surface area contributed by atoms with Gasteiger partial charge in [0.2, 0.25) is 5.91 Å². The monoisotopic (exact) mass is 343 g/mol. The van der Waals surface area contributed by atoms with Crippen molar-refractivity contribution >= 4 is 23.5 Å². The number of carbonyl (C=O) groups excluding carboxylic acids is 1. The SMILES string of the molecule is CC(C(=O)N1CCc2ccc(C(=O)O)cc2C1)c1cccc(Cl)c1. The lowest BCUT2D eigenvalue weighted by Crippen LogP contribution is -2.38. The summed E-state index contributed by atoms with van der Waals surface area (Å²) in [4.78, 5) is 25.7. The molecule has 1 atom stereocenters. The molecule has 0 saturated carbocycles. The van der Waals surface area contributed by atoms with E-state index in [4.69, 9.17) is 16.7 Å². The van der Waals surface area contributed by atoms with Crippen LogP contribution in [0, 0.1) is 0 Å². The molecule has 1 heterocycles. The highest BCUT2D eigenvalue weighted by Gasteiger charge is 2.26. The summed E-state index contributed by atoms with van der Waals surface area (Å²) in [5, 5.41) is 9.74. The first-order valence-corrected chi connectivity index (χ1v) is 8.23. The molecule has 1 aliphatic rings. The van der Waals surface area contributed by atoms with E-state index in [-0.39, 0.29) is 17.4 Å². The Balaban J connectivity index is 1.80. The molecule has 0 spiro atoms. The quantitative estimate of drug-likeness (QED) is 0.923. The van der Waals surface area contributed by atoms with Gasteiger partial charge in [-0.1, -0.05) is 29.8 Å². The summed E-state index contributed by atoms with van der Waals surface area (Å²) < 4.78 is 0. The molecule has 1 N–H and O–H groups in total. The van der Waals surface area contributed by atoms with Crippen LogP contribution in [0.25, 0.3) is 0 Å². The largest absolute Gasteiger partial charge is 0.478 e. The van der Waals surface area contributed by atoms with Gasteiger partial charge in [-0.05, 0) is 54.3 Å². The van der Waals surface area contributed by atoms with Gasteiger partial charge in [-0.3, -0.25) is 4.79 Å². The number of amides is 1. The van der Waals surface area contributed by atoms with Gasteiger partial charge < -0.3 is 10.0 Å². The minimum atomic E-state index is -0.950. The highest BCUT2D eigenvalue weighted by Crippen LogP contribution is 2.26. The van der Waals surface area contributed by atoms with Crippen molar-refractivity contribution < 1.29 is 14.7 Å². The standard InChI is InChI=1S/C19H18ClNO3/c1-12(14-3-2-4-17(20)10-14)18(22)21-8-7-13-5-6-15(19(23)24)9-16(13)11-21/h2-6,9-10,12H,7-8,11H2,1H3,(H,23,24). The maximum Gasteiger partial charge on any atom is 0.335 e. The number of benzene rings is 2. The summed E-state index contributed by atoms with van der Waals surface area (Å²) in [7, 11) is 0. The lowest BCUT2D eigenvalue weighted by atomic mass is 9.94. The molecule has 2 aromatic carbocycles. The van der Waals surface area contributed by atoms with Crippen LogP contribution in [-0.2, 0) is 17.8 Å². The fourth-order valence-corrected chi connectivity index (χ4v) is 3.27. The lowest BCUT2D eigenvalue weighted by molar-refractivity contribution is -0.133. The molecule has 0 fully saturated rings. The maximum atomic E-state index is 12.8. The first kappa shape index (κ1) is 16.5. The van der Waals surface area contributed by atoms with Crippen LogP contribution in [0.4, 0.5) is 0 Å². The van der Waals surface area contributed by atoms with Gasteiger partial charge in [-0.15, -0.1) is 0 Å². The summed E-state index contributed by atoms with van der Waals surface area (Å²) >= 11 is 6.01. The van der Waals surface area contributed by atoms with E-state index in [9.17, 15) is 9.59 Å². The normalized spacial score (nSPS) is 14.8. The molecular formula is C19H18ClNO3. The predicted octanol–water partition coefficient (Wildman–Crippen LogP) is 3.73. The highest BCUT2D eigenvalue weighted by molar-refractivity contribution is 6.30. The van der Waals surface area contributed by atoms with Crippen molar-refractivity contribution in [2.75, 3.05) is 6.54 Å². The van der Waals surface area contributed by atoms with Gasteiger partial charge >= 0.3 is 5.97 Å². The third-order valence-electron chi connectivity index (χ3n) is 4.50. The molecule has 0 aromatic heterocycles. The molecule has 4 nitrogen and oxygen atoms in total. The Hall–Kier alpha value is -2.33. The number of aromatic carboxylic acids is 1. The van der Waals surface area contributed by atoms with Crippen LogP contribution in [0.1, 0.15) is 39.9 Å². The summed E-state index contributed by atoms with van der Waals surface area (Å²) in [5.41, 5.74) is 3.16. The zero-order chi connectivity index (χ0) is 17.3. The second-order valence-corrected chi connectivity index (χ2v) is 6.51. The molecule has 1 amide bonds. The number of carboxylic acid groups (broad SMARTS) is 1. The Morgan fingerprint density at radius 3 is 2.67 bits per heavy atom.